The first-order chi connectivity index (χ1) is 45.1. The molecule has 0 saturated carbocycles. The zero-order chi connectivity index (χ0) is 60.3. The Labute approximate surface area is 532 Å². The molecule has 91 heavy (non-hydrogen) atoms. The number of hydrogen-bond donors (Lipinski definition) is 0. The lowest BCUT2D eigenvalue weighted by atomic mass is 9.67. The molecule has 426 valence electrons. The van der Waals surface area contributed by atoms with Gasteiger partial charge in [-0.1, -0.05) is 322 Å². The minimum Gasteiger partial charge on any atom is -0.311 e. The molecule has 17 rings (SSSR count). The first-order valence-electron chi connectivity index (χ1n) is 31.6. The van der Waals surface area contributed by atoms with Gasteiger partial charge < -0.3 is 4.90 Å². The van der Waals surface area contributed by atoms with E-state index in [1.165, 1.54) is 128 Å². The highest BCUT2D eigenvalue weighted by Gasteiger charge is 2.48. The smallest absolute Gasteiger partial charge is 0.0713 e. The first kappa shape index (κ1) is 53.6. The summed E-state index contributed by atoms with van der Waals surface area (Å²) in [5.41, 5.74) is 29.5. The molecule has 0 unspecified atom stereocenters. The molecule has 0 aliphatic heterocycles. The van der Waals surface area contributed by atoms with Gasteiger partial charge >= 0.3 is 0 Å². The second-order valence-corrected chi connectivity index (χ2v) is 24.2. The van der Waals surface area contributed by atoms with Crippen molar-refractivity contribution in [2.24, 2.45) is 0 Å². The quantitative estimate of drug-likeness (QED) is 0.118. The molecule has 15 aromatic carbocycles. The highest BCUT2D eigenvalue weighted by atomic mass is 15.1. The topological polar surface area (TPSA) is 3.24 Å². The van der Waals surface area contributed by atoms with E-state index in [0.29, 0.717) is 0 Å². The molecule has 15 aromatic rings. The van der Waals surface area contributed by atoms with Crippen LogP contribution < -0.4 is 4.90 Å². The summed E-state index contributed by atoms with van der Waals surface area (Å²) < 4.78 is 0. The van der Waals surface area contributed by atoms with Crippen molar-refractivity contribution in [3.63, 3.8) is 0 Å². The molecule has 0 bridgehead atoms. The van der Waals surface area contributed by atoms with E-state index in [1.54, 1.807) is 0 Å². The van der Waals surface area contributed by atoms with Crippen molar-refractivity contribution in [3.8, 4) is 77.9 Å². The van der Waals surface area contributed by atoms with Gasteiger partial charge in [0.05, 0.1) is 10.8 Å². The molecular weight excluding hydrogens is 1090 g/mol. The lowest BCUT2D eigenvalue weighted by Crippen LogP contribution is -2.28. The van der Waals surface area contributed by atoms with Crippen LogP contribution in [0.4, 0.5) is 17.1 Å². The molecule has 0 atom stereocenters. The Balaban J connectivity index is 0.756. The van der Waals surface area contributed by atoms with Crippen LogP contribution >= 0.6 is 0 Å². The van der Waals surface area contributed by atoms with E-state index in [1.807, 2.05) is 0 Å². The summed E-state index contributed by atoms with van der Waals surface area (Å²) >= 11 is 0. The van der Waals surface area contributed by atoms with Gasteiger partial charge in [0.15, 0.2) is 0 Å². The molecule has 0 saturated heterocycles. The third kappa shape index (κ3) is 8.76. The average molecular weight is 1160 g/mol. The van der Waals surface area contributed by atoms with E-state index in [-0.39, 0.29) is 0 Å². The number of fused-ring (bicyclic) bond motifs is 7. The molecule has 1 heteroatoms. The number of rotatable bonds is 12. The van der Waals surface area contributed by atoms with Gasteiger partial charge in [-0.2, -0.15) is 0 Å². The fourth-order valence-corrected chi connectivity index (χ4v) is 15.4. The highest BCUT2D eigenvalue weighted by Crippen LogP contribution is 2.60. The van der Waals surface area contributed by atoms with Crippen LogP contribution in [0.3, 0.4) is 0 Å². The fourth-order valence-electron chi connectivity index (χ4n) is 15.4. The van der Waals surface area contributed by atoms with Crippen molar-refractivity contribution in [1.29, 1.82) is 0 Å². The van der Waals surface area contributed by atoms with Crippen molar-refractivity contribution in [2.75, 3.05) is 4.90 Å². The molecular formula is C90H61N. The van der Waals surface area contributed by atoms with Crippen LogP contribution in [-0.2, 0) is 10.8 Å². The van der Waals surface area contributed by atoms with Crippen molar-refractivity contribution in [2.45, 2.75) is 10.8 Å². The van der Waals surface area contributed by atoms with Crippen molar-refractivity contribution >= 4 is 27.8 Å². The maximum Gasteiger partial charge on any atom is 0.0713 e. The van der Waals surface area contributed by atoms with Crippen LogP contribution in [0, 0.1) is 0 Å². The molecule has 0 aromatic heterocycles. The number of anilines is 3. The Morgan fingerprint density at radius 1 is 0.176 bits per heavy atom. The molecule has 0 spiro atoms. The normalized spacial score (nSPS) is 13.0. The first-order valence-corrected chi connectivity index (χ1v) is 31.6. The molecule has 2 aliphatic rings. The largest absolute Gasteiger partial charge is 0.311 e. The molecule has 0 radical (unpaired) electrons. The lowest BCUT2D eigenvalue weighted by molar-refractivity contribution is 0.768. The summed E-state index contributed by atoms with van der Waals surface area (Å²) in [6, 6.07) is 137. The summed E-state index contributed by atoms with van der Waals surface area (Å²) in [6.07, 6.45) is 0. The maximum absolute atomic E-state index is 2.41. The molecule has 0 amide bonds. The van der Waals surface area contributed by atoms with Crippen molar-refractivity contribution in [3.05, 3.63) is 415 Å². The second-order valence-electron chi connectivity index (χ2n) is 24.2. The highest BCUT2D eigenvalue weighted by molar-refractivity contribution is 5.98. The van der Waals surface area contributed by atoms with Crippen LogP contribution in [-0.4, -0.2) is 0 Å². The van der Waals surface area contributed by atoms with Crippen LogP contribution in [0.1, 0.15) is 44.5 Å². The predicted molar refractivity (Wildman–Crippen MR) is 380 cm³/mol. The van der Waals surface area contributed by atoms with Gasteiger partial charge in [-0.3, -0.25) is 0 Å². The van der Waals surface area contributed by atoms with Gasteiger partial charge in [0.1, 0.15) is 0 Å². The van der Waals surface area contributed by atoms with Crippen LogP contribution in [0.5, 0.6) is 0 Å². The Morgan fingerprint density at radius 3 is 0.912 bits per heavy atom. The third-order valence-electron chi connectivity index (χ3n) is 19.5. The Hall–Kier alpha value is -11.6. The van der Waals surface area contributed by atoms with E-state index >= 15 is 0 Å². The van der Waals surface area contributed by atoms with Crippen LogP contribution in [0.25, 0.3) is 88.7 Å². The zero-order valence-corrected chi connectivity index (χ0v) is 50.2. The van der Waals surface area contributed by atoms with Gasteiger partial charge in [0, 0.05) is 17.1 Å². The minimum atomic E-state index is -0.484. The Morgan fingerprint density at radius 2 is 0.473 bits per heavy atom. The zero-order valence-electron chi connectivity index (χ0n) is 50.2. The standard InChI is InChI=1S/C90H61N/c1-5-26-72(27-6-1)89(73-28-7-2-8-29-73)83-38-17-15-34-81(83)87-79(36-20-40-85(87)89)66-50-56-77(57-51-66)91(76-54-48-64(49-55-76)63-42-44-65(45-43-63)69-24-19-25-70(60-69)71-47-46-62-22-13-14-23-68(62)61-71)78-58-52-67(53-59-78)80-37-21-41-86-88(80)82-35-16-18-39-84(82)90(86,74-30-9-3-10-31-74)75-32-11-4-12-33-75/h1-61H. The average Bonchev–Trinajstić information content (AvgIpc) is 1.56. The van der Waals surface area contributed by atoms with Gasteiger partial charge in [-0.15, -0.1) is 0 Å². The van der Waals surface area contributed by atoms with Gasteiger partial charge in [0.25, 0.3) is 0 Å². The number of hydrogen-bond acceptors (Lipinski definition) is 1. The van der Waals surface area contributed by atoms with Crippen molar-refractivity contribution in [1.82, 2.24) is 0 Å². The SMILES string of the molecule is c1ccc(C2(c3ccccc3)c3ccccc3-c3c(-c4ccc(N(c5ccc(-c6ccc(-c7cccc(-c8ccc9ccccc9c8)c7)cc6)cc5)c5ccc(-c6cccc7c6-c6ccccc6C7(c6ccccc6)c6ccccc6)cc5)cc4)cccc32)cc1. The van der Waals surface area contributed by atoms with Crippen LogP contribution in [0.2, 0.25) is 0 Å². The van der Waals surface area contributed by atoms with Gasteiger partial charge in [0.2, 0.25) is 0 Å². The van der Waals surface area contributed by atoms with E-state index in [4.69, 9.17) is 0 Å². The maximum atomic E-state index is 2.41. The Bertz CT molecular complexity index is 4860. The van der Waals surface area contributed by atoms with Crippen LogP contribution in [0.15, 0.2) is 370 Å². The van der Waals surface area contributed by atoms with E-state index < -0.39 is 10.8 Å². The molecule has 0 N–H and O–H groups in total. The molecule has 0 heterocycles. The molecule has 2 aliphatic carbocycles. The lowest BCUT2D eigenvalue weighted by Gasteiger charge is -2.34. The summed E-state index contributed by atoms with van der Waals surface area (Å²) in [6.45, 7) is 0. The predicted octanol–water partition coefficient (Wildman–Crippen LogP) is 23.4. The van der Waals surface area contributed by atoms with Gasteiger partial charge in [-0.05, 0) is 182 Å². The fraction of sp³-hybridized carbons (Fsp3) is 0.0222. The number of benzene rings is 15. The molecule has 1 nitrogen and oxygen atoms in total. The summed E-state index contributed by atoms with van der Waals surface area (Å²) in [5, 5.41) is 2.50. The second kappa shape index (κ2) is 22.2. The monoisotopic (exact) mass is 1160 g/mol. The summed E-state index contributed by atoms with van der Waals surface area (Å²) in [5.74, 6) is 0. The summed E-state index contributed by atoms with van der Waals surface area (Å²) in [4.78, 5) is 2.41. The molecule has 0 fully saturated rings. The summed E-state index contributed by atoms with van der Waals surface area (Å²) in [7, 11) is 0. The minimum absolute atomic E-state index is 0.484. The van der Waals surface area contributed by atoms with Gasteiger partial charge in [-0.25, -0.2) is 0 Å². The third-order valence-corrected chi connectivity index (χ3v) is 19.5. The van der Waals surface area contributed by atoms with Crippen molar-refractivity contribution < 1.29 is 0 Å². The van der Waals surface area contributed by atoms with E-state index in [0.717, 1.165) is 22.6 Å². The van der Waals surface area contributed by atoms with E-state index in [2.05, 4.69) is 375 Å². The van der Waals surface area contributed by atoms with E-state index in [9.17, 15) is 0 Å². The number of nitrogens with zero attached hydrogens (tertiary/aromatic N) is 1. The Kier molecular flexibility index (Phi) is 13.1.